The number of rotatable bonds is 3. The summed E-state index contributed by atoms with van der Waals surface area (Å²) >= 11 is 0. The Bertz CT molecular complexity index is 166. The monoisotopic (exact) mass is 185 g/mol. The number of hydrogen-bond donors (Lipinski definition) is 1. The summed E-state index contributed by atoms with van der Waals surface area (Å²) in [6.45, 7) is 7.88. The second-order valence-corrected chi connectivity index (χ2v) is 5.03. The molecule has 78 valence electrons. The van der Waals surface area contributed by atoms with Crippen molar-refractivity contribution in [3.63, 3.8) is 0 Å². The van der Waals surface area contributed by atoms with Gasteiger partial charge in [-0.1, -0.05) is 0 Å². The average Bonchev–Trinajstić information content (AvgIpc) is 2.19. The summed E-state index contributed by atoms with van der Waals surface area (Å²) in [6, 6.07) is 0.372. The third-order valence-electron chi connectivity index (χ3n) is 2.89. The van der Waals surface area contributed by atoms with Gasteiger partial charge >= 0.3 is 0 Å². The largest absolute Gasteiger partial charge is 0.326 e. The molecular weight excluding hydrogens is 162 g/mol. The van der Waals surface area contributed by atoms with Gasteiger partial charge in [-0.3, -0.25) is 4.90 Å². The summed E-state index contributed by atoms with van der Waals surface area (Å²) in [4.78, 5) is 4.72. The molecule has 0 aromatic heterocycles. The molecule has 0 bridgehead atoms. The fraction of sp³-hybridized carbons (Fsp3) is 1.00. The Morgan fingerprint density at radius 2 is 2.08 bits per heavy atom. The molecule has 3 nitrogen and oxygen atoms in total. The van der Waals surface area contributed by atoms with E-state index in [9.17, 15) is 0 Å². The van der Waals surface area contributed by atoms with Crippen molar-refractivity contribution in [1.29, 1.82) is 0 Å². The van der Waals surface area contributed by atoms with Crippen molar-refractivity contribution in [2.24, 2.45) is 5.73 Å². The molecule has 3 heteroatoms. The van der Waals surface area contributed by atoms with Crippen LogP contribution < -0.4 is 5.73 Å². The normalized spacial score (nSPS) is 28.6. The lowest BCUT2D eigenvalue weighted by molar-refractivity contribution is 0.160. The maximum atomic E-state index is 5.95. The van der Waals surface area contributed by atoms with Crippen molar-refractivity contribution in [3.8, 4) is 0 Å². The van der Waals surface area contributed by atoms with Crippen molar-refractivity contribution in [2.75, 3.05) is 33.7 Å². The van der Waals surface area contributed by atoms with Gasteiger partial charge in [0.05, 0.1) is 0 Å². The molecule has 1 aliphatic rings. The van der Waals surface area contributed by atoms with Gasteiger partial charge in [0, 0.05) is 31.2 Å². The second-order valence-electron chi connectivity index (χ2n) is 5.03. The second kappa shape index (κ2) is 3.95. The quantitative estimate of drug-likeness (QED) is 0.689. The minimum Gasteiger partial charge on any atom is -0.326 e. The zero-order valence-electron chi connectivity index (χ0n) is 9.38. The van der Waals surface area contributed by atoms with Crippen LogP contribution in [0.3, 0.4) is 0 Å². The molecule has 1 aliphatic heterocycles. The fourth-order valence-corrected chi connectivity index (χ4v) is 2.08. The Morgan fingerprint density at radius 1 is 1.46 bits per heavy atom. The topological polar surface area (TPSA) is 32.5 Å². The first-order chi connectivity index (χ1) is 5.92. The van der Waals surface area contributed by atoms with Gasteiger partial charge in [-0.25, -0.2) is 0 Å². The molecule has 0 spiro atoms. The lowest BCUT2D eigenvalue weighted by atomic mass is 10.0. The van der Waals surface area contributed by atoms with E-state index in [1.54, 1.807) is 0 Å². The highest BCUT2D eigenvalue weighted by molar-refractivity contribution is 4.94. The molecular formula is C10H23N3. The number of likely N-dealkylation sites (N-methyl/N-ethyl adjacent to an activating group) is 1. The number of hydrogen-bond acceptors (Lipinski definition) is 3. The molecule has 13 heavy (non-hydrogen) atoms. The third-order valence-corrected chi connectivity index (χ3v) is 2.89. The predicted octanol–water partition coefficient (Wildman–Crippen LogP) is 0.360. The fourth-order valence-electron chi connectivity index (χ4n) is 2.08. The van der Waals surface area contributed by atoms with E-state index >= 15 is 0 Å². The van der Waals surface area contributed by atoms with Gasteiger partial charge in [0.1, 0.15) is 0 Å². The van der Waals surface area contributed by atoms with Crippen molar-refractivity contribution in [2.45, 2.75) is 31.8 Å². The first kappa shape index (κ1) is 11.0. The lowest BCUT2D eigenvalue weighted by Crippen LogP contribution is -2.42. The van der Waals surface area contributed by atoms with Gasteiger partial charge in [0.25, 0.3) is 0 Å². The smallest absolute Gasteiger partial charge is 0.0185 e. The molecule has 1 rings (SSSR count). The standard InChI is InChI=1S/C10H23N3/c1-10(2)7-9(11)8-13(10)6-5-12(3)4/h9H,5-8,11H2,1-4H3. The average molecular weight is 185 g/mol. The van der Waals surface area contributed by atoms with Crippen LogP contribution in [0.4, 0.5) is 0 Å². The summed E-state index contributed by atoms with van der Waals surface area (Å²) in [5.41, 5.74) is 6.25. The van der Waals surface area contributed by atoms with E-state index in [-0.39, 0.29) is 0 Å². The van der Waals surface area contributed by atoms with Crippen LogP contribution in [-0.4, -0.2) is 55.1 Å². The maximum absolute atomic E-state index is 5.95. The summed E-state index contributed by atoms with van der Waals surface area (Å²) in [6.07, 6.45) is 1.13. The van der Waals surface area contributed by atoms with Gasteiger partial charge in [-0.05, 0) is 34.4 Å². The van der Waals surface area contributed by atoms with Crippen molar-refractivity contribution >= 4 is 0 Å². The highest BCUT2D eigenvalue weighted by Gasteiger charge is 2.35. The Balaban J connectivity index is 2.41. The maximum Gasteiger partial charge on any atom is 0.0185 e. The molecule has 2 N–H and O–H groups in total. The van der Waals surface area contributed by atoms with E-state index in [2.05, 4.69) is 37.7 Å². The molecule has 1 fully saturated rings. The summed E-state index contributed by atoms with van der Waals surface area (Å²) < 4.78 is 0. The Hall–Kier alpha value is -0.120. The van der Waals surface area contributed by atoms with E-state index in [1.807, 2.05) is 0 Å². The zero-order valence-corrected chi connectivity index (χ0v) is 9.38. The van der Waals surface area contributed by atoms with Crippen molar-refractivity contribution < 1.29 is 0 Å². The predicted molar refractivity (Wildman–Crippen MR) is 56.8 cm³/mol. The van der Waals surface area contributed by atoms with Gasteiger partial charge in [0.2, 0.25) is 0 Å². The van der Waals surface area contributed by atoms with Gasteiger partial charge in [0.15, 0.2) is 0 Å². The van der Waals surface area contributed by atoms with Crippen LogP contribution in [0.2, 0.25) is 0 Å². The first-order valence-electron chi connectivity index (χ1n) is 5.07. The van der Waals surface area contributed by atoms with Crippen LogP contribution in [0, 0.1) is 0 Å². The van der Waals surface area contributed by atoms with Crippen LogP contribution in [0.5, 0.6) is 0 Å². The van der Waals surface area contributed by atoms with Crippen LogP contribution in [0.25, 0.3) is 0 Å². The van der Waals surface area contributed by atoms with E-state index < -0.39 is 0 Å². The molecule has 0 aliphatic carbocycles. The molecule has 0 radical (unpaired) electrons. The van der Waals surface area contributed by atoms with Crippen LogP contribution in [0.15, 0.2) is 0 Å². The molecule has 1 saturated heterocycles. The summed E-state index contributed by atoms with van der Waals surface area (Å²) in [5.74, 6) is 0. The molecule has 1 atom stereocenters. The molecule has 1 heterocycles. The minimum atomic E-state index is 0.301. The van der Waals surface area contributed by atoms with E-state index in [1.165, 1.54) is 0 Å². The Kier molecular flexibility index (Phi) is 3.33. The number of nitrogens with zero attached hydrogens (tertiary/aromatic N) is 2. The Labute approximate surface area is 81.9 Å². The van der Waals surface area contributed by atoms with Crippen LogP contribution in [-0.2, 0) is 0 Å². The van der Waals surface area contributed by atoms with Crippen LogP contribution in [0.1, 0.15) is 20.3 Å². The minimum absolute atomic E-state index is 0.301. The summed E-state index contributed by atoms with van der Waals surface area (Å²) in [7, 11) is 4.23. The number of nitrogens with two attached hydrogens (primary N) is 1. The van der Waals surface area contributed by atoms with Crippen LogP contribution >= 0.6 is 0 Å². The zero-order chi connectivity index (χ0) is 10.1. The molecule has 0 aromatic carbocycles. The molecule has 1 unspecified atom stereocenters. The van der Waals surface area contributed by atoms with E-state index in [0.717, 1.165) is 26.1 Å². The first-order valence-corrected chi connectivity index (χ1v) is 5.07. The third kappa shape index (κ3) is 2.93. The van der Waals surface area contributed by atoms with E-state index in [0.29, 0.717) is 11.6 Å². The van der Waals surface area contributed by atoms with Gasteiger partial charge in [-0.2, -0.15) is 0 Å². The van der Waals surface area contributed by atoms with E-state index in [4.69, 9.17) is 5.73 Å². The van der Waals surface area contributed by atoms with Gasteiger partial charge < -0.3 is 10.6 Å². The molecule has 0 saturated carbocycles. The summed E-state index contributed by atoms with van der Waals surface area (Å²) in [5, 5.41) is 0. The van der Waals surface area contributed by atoms with Crippen molar-refractivity contribution in [3.05, 3.63) is 0 Å². The highest BCUT2D eigenvalue weighted by Crippen LogP contribution is 2.26. The van der Waals surface area contributed by atoms with Crippen molar-refractivity contribution in [1.82, 2.24) is 9.80 Å². The lowest BCUT2D eigenvalue weighted by Gasteiger charge is -2.32. The Morgan fingerprint density at radius 3 is 2.46 bits per heavy atom. The van der Waals surface area contributed by atoms with Gasteiger partial charge in [-0.15, -0.1) is 0 Å². The molecule has 0 amide bonds. The molecule has 0 aromatic rings. The highest BCUT2D eigenvalue weighted by atomic mass is 15.2. The SMILES string of the molecule is CN(C)CCN1CC(N)CC1(C)C. The number of likely N-dealkylation sites (tertiary alicyclic amines) is 1.